The minimum Gasteiger partial charge on any atom is -0.494 e. The Balaban J connectivity index is 2.66. The molecule has 2 heteroatoms. The fraction of sp³-hybridized carbons (Fsp3) is 0.600. The van der Waals surface area contributed by atoms with Crippen molar-refractivity contribution in [1.29, 1.82) is 0 Å². The SMILES string of the molecule is CCCOc1ccc(C(C)C(CC)NC)cc1. The normalized spacial score (nSPS) is 14.4. The van der Waals surface area contributed by atoms with Gasteiger partial charge in [-0.1, -0.05) is 32.9 Å². The van der Waals surface area contributed by atoms with Crippen LogP contribution in [0.2, 0.25) is 0 Å². The monoisotopic (exact) mass is 235 g/mol. The zero-order chi connectivity index (χ0) is 12.7. The molecule has 0 aliphatic heterocycles. The van der Waals surface area contributed by atoms with Crippen molar-refractivity contribution in [2.45, 2.75) is 45.6 Å². The highest BCUT2D eigenvalue weighted by molar-refractivity contribution is 5.30. The number of nitrogens with one attached hydrogen (secondary N) is 1. The molecule has 0 aromatic heterocycles. The van der Waals surface area contributed by atoms with Gasteiger partial charge in [0.2, 0.25) is 0 Å². The zero-order valence-electron chi connectivity index (χ0n) is 11.5. The highest BCUT2D eigenvalue weighted by Gasteiger charge is 2.14. The molecule has 96 valence electrons. The van der Waals surface area contributed by atoms with Crippen molar-refractivity contribution in [3.63, 3.8) is 0 Å². The van der Waals surface area contributed by atoms with Gasteiger partial charge in [0.05, 0.1) is 6.61 Å². The lowest BCUT2D eigenvalue weighted by atomic mass is 9.92. The lowest BCUT2D eigenvalue weighted by Gasteiger charge is -2.22. The van der Waals surface area contributed by atoms with E-state index in [1.807, 2.05) is 7.05 Å². The topological polar surface area (TPSA) is 21.3 Å². The molecule has 1 rings (SSSR count). The molecule has 0 aliphatic rings. The first-order valence-electron chi connectivity index (χ1n) is 6.62. The quantitative estimate of drug-likeness (QED) is 0.780. The van der Waals surface area contributed by atoms with Crippen LogP contribution < -0.4 is 10.1 Å². The lowest BCUT2D eigenvalue weighted by Crippen LogP contribution is -2.29. The first-order valence-corrected chi connectivity index (χ1v) is 6.62. The molecule has 1 aromatic carbocycles. The summed E-state index contributed by atoms with van der Waals surface area (Å²) in [4.78, 5) is 0. The standard InChI is InChI=1S/C15H25NO/c1-5-11-17-14-9-7-13(8-10-14)12(3)15(6-2)16-4/h7-10,12,15-16H,5-6,11H2,1-4H3. The molecule has 2 nitrogen and oxygen atoms in total. The molecule has 0 fully saturated rings. The van der Waals surface area contributed by atoms with Crippen LogP contribution in [0.3, 0.4) is 0 Å². The fourth-order valence-corrected chi connectivity index (χ4v) is 2.13. The van der Waals surface area contributed by atoms with E-state index in [-0.39, 0.29) is 0 Å². The number of likely N-dealkylation sites (N-methyl/N-ethyl adjacent to an activating group) is 1. The van der Waals surface area contributed by atoms with Gasteiger partial charge in [-0.25, -0.2) is 0 Å². The number of hydrogen-bond donors (Lipinski definition) is 1. The van der Waals surface area contributed by atoms with Gasteiger partial charge in [-0.3, -0.25) is 0 Å². The minimum atomic E-state index is 0.533. The van der Waals surface area contributed by atoms with Gasteiger partial charge in [0.15, 0.2) is 0 Å². The summed E-state index contributed by atoms with van der Waals surface area (Å²) in [5, 5.41) is 3.37. The molecule has 0 heterocycles. The summed E-state index contributed by atoms with van der Waals surface area (Å²) in [5.74, 6) is 1.51. The van der Waals surface area contributed by atoms with Crippen molar-refractivity contribution in [2.24, 2.45) is 0 Å². The summed E-state index contributed by atoms with van der Waals surface area (Å²) in [6.45, 7) is 7.40. The molecule has 0 saturated heterocycles. The van der Waals surface area contributed by atoms with Crippen LogP contribution in [0.15, 0.2) is 24.3 Å². The van der Waals surface area contributed by atoms with E-state index in [1.165, 1.54) is 5.56 Å². The second-order valence-corrected chi connectivity index (χ2v) is 4.51. The Kier molecular flexibility index (Phi) is 6.06. The van der Waals surface area contributed by atoms with E-state index in [2.05, 4.69) is 50.4 Å². The van der Waals surface area contributed by atoms with E-state index in [4.69, 9.17) is 4.74 Å². The third-order valence-electron chi connectivity index (χ3n) is 3.29. The summed E-state index contributed by atoms with van der Waals surface area (Å²) < 4.78 is 5.59. The van der Waals surface area contributed by atoms with Crippen LogP contribution in [0.1, 0.15) is 45.1 Å². The average Bonchev–Trinajstić information content (AvgIpc) is 2.38. The first-order chi connectivity index (χ1) is 8.22. The van der Waals surface area contributed by atoms with Crippen molar-refractivity contribution < 1.29 is 4.74 Å². The molecular formula is C15H25NO. The predicted molar refractivity (Wildman–Crippen MR) is 73.8 cm³/mol. The van der Waals surface area contributed by atoms with Gasteiger partial charge in [-0.2, -0.15) is 0 Å². The maximum Gasteiger partial charge on any atom is 0.119 e. The molecule has 0 spiro atoms. The van der Waals surface area contributed by atoms with Gasteiger partial charge in [0.1, 0.15) is 5.75 Å². The van der Waals surface area contributed by atoms with E-state index in [9.17, 15) is 0 Å². The van der Waals surface area contributed by atoms with Crippen LogP contribution >= 0.6 is 0 Å². The average molecular weight is 235 g/mol. The molecule has 0 aliphatic carbocycles. The van der Waals surface area contributed by atoms with Crippen LogP contribution in [0.5, 0.6) is 5.75 Å². The Morgan fingerprint density at radius 2 is 1.82 bits per heavy atom. The van der Waals surface area contributed by atoms with Crippen molar-refractivity contribution in [1.82, 2.24) is 5.32 Å². The molecule has 0 saturated carbocycles. The summed E-state index contributed by atoms with van der Waals surface area (Å²) in [6, 6.07) is 9.04. The van der Waals surface area contributed by atoms with Gasteiger partial charge in [-0.15, -0.1) is 0 Å². The fourth-order valence-electron chi connectivity index (χ4n) is 2.13. The second-order valence-electron chi connectivity index (χ2n) is 4.51. The van der Waals surface area contributed by atoms with Crippen molar-refractivity contribution in [3.05, 3.63) is 29.8 Å². The van der Waals surface area contributed by atoms with Crippen LogP contribution in [0, 0.1) is 0 Å². The second kappa shape index (κ2) is 7.33. The highest BCUT2D eigenvalue weighted by atomic mass is 16.5. The third kappa shape index (κ3) is 4.04. The Bertz CT molecular complexity index is 303. The highest BCUT2D eigenvalue weighted by Crippen LogP contribution is 2.23. The van der Waals surface area contributed by atoms with Crippen molar-refractivity contribution in [2.75, 3.05) is 13.7 Å². The molecule has 0 amide bonds. The minimum absolute atomic E-state index is 0.533. The maximum absolute atomic E-state index is 5.59. The van der Waals surface area contributed by atoms with E-state index in [1.54, 1.807) is 0 Å². The largest absolute Gasteiger partial charge is 0.494 e. The summed E-state index contributed by atoms with van der Waals surface area (Å²) in [6.07, 6.45) is 2.20. The number of rotatable bonds is 7. The molecule has 1 N–H and O–H groups in total. The van der Waals surface area contributed by atoms with Crippen LogP contribution in [-0.4, -0.2) is 19.7 Å². The Hall–Kier alpha value is -1.02. The summed E-state index contributed by atoms with van der Waals surface area (Å²) in [5.41, 5.74) is 1.37. The van der Waals surface area contributed by atoms with E-state index >= 15 is 0 Å². The van der Waals surface area contributed by atoms with Gasteiger partial charge in [-0.05, 0) is 43.5 Å². The Morgan fingerprint density at radius 1 is 1.18 bits per heavy atom. The molecule has 1 aromatic rings. The van der Waals surface area contributed by atoms with E-state index in [0.29, 0.717) is 12.0 Å². The lowest BCUT2D eigenvalue weighted by molar-refractivity contribution is 0.317. The van der Waals surface area contributed by atoms with Crippen LogP contribution in [0.4, 0.5) is 0 Å². The van der Waals surface area contributed by atoms with Gasteiger partial charge >= 0.3 is 0 Å². The number of hydrogen-bond acceptors (Lipinski definition) is 2. The van der Waals surface area contributed by atoms with Crippen LogP contribution in [-0.2, 0) is 0 Å². The van der Waals surface area contributed by atoms with Crippen LogP contribution in [0.25, 0.3) is 0 Å². The zero-order valence-corrected chi connectivity index (χ0v) is 11.5. The van der Waals surface area contributed by atoms with E-state index < -0.39 is 0 Å². The van der Waals surface area contributed by atoms with E-state index in [0.717, 1.165) is 25.2 Å². The molecule has 0 radical (unpaired) electrons. The molecule has 2 atom stereocenters. The summed E-state index contributed by atoms with van der Waals surface area (Å²) >= 11 is 0. The Morgan fingerprint density at radius 3 is 2.29 bits per heavy atom. The van der Waals surface area contributed by atoms with Gasteiger partial charge < -0.3 is 10.1 Å². The molecule has 0 bridgehead atoms. The Labute approximate surface area is 105 Å². The third-order valence-corrected chi connectivity index (χ3v) is 3.29. The smallest absolute Gasteiger partial charge is 0.119 e. The number of benzene rings is 1. The first kappa shape index (κ1) is 14.0. The van der Waals surface area contributed by atoms with Gasteiger partial charge in [0, 0.05) is 6.04 Å². The molecular weight excluding hydrogens is 210 g/mol. The summed E-state index contributed by atoms with van der Waals surface area (Å²) in [7, 11) is 2.03. The van der Waals surface area contributed by atoms with Crippen molar-refractivity contribution >= 4 is 0 Å². The van der Waals surface area contributed by atoms with Gasteiger partial charge in [0.25, 0.3) is 0 Å². The molecule has 17 heavy (non-hydrogen) atoms. The number of ether oxygens (including phenoxy) is 1. The predicted octanol–water partition coefficient (Wildman–Crippen LogP) is 3.58. The maximum atomic E-state index is 5.59. The molecule has 2 unspecified atom stereocenters. The van der Waals surface area contributed by atoms with Crippen molar-refractivity contribution in [3.8, 4) is 5.75 Å².